The maximum absolute atomic E-state index is 11.7. The summed E-state index contributed by atoms with van der Waals surface area (Å²) < 4.78 is 0. The smallest absolute Gasteiger partial charge is 0.365 e. The second kappa shape index (κ2) is 6.33. The molecule has 0 atom stereocenters. The topological polar surface area (TPSA) is 115 Å². The molecule has 0 spiro atoms. The van der Waals surface area contributed by atoms with Crippen molar-refractivity contribution in [1.29, 1.82) is 0 Å². The molecule has 7 nitrogen and oxygen atoms in total. The number of rotatable bonds is 4. The van der Waals surface area contributed by atoms with Crippen LogP contribution in [0.2, 0.25) is 5.02 Å². The number of aliphatic carboxylic acids is 1. The highest BCUT2D eigenvalue weighted by Gasteiger charge is 2.18. The molecule has 0 saturated heterocycles. The first-order valence-corrected chi connectivity index (χ1v) is 6.72. The Morgan fingerprint density at radius 1 is 1.33 bits per heavy atom. The molecule has 2 rings (SSSR count). The average Bonchev–Trinajstić information content (AvgIpc) is 2.85. The van der Waals surface area contributed by atoms with E-state index in [-0.39, 0.29) is 16.4 Å². The molecule has 21 heavy (non-hydrogen) atoms. The molecule has 1 aromatic heterocycles. The number of carbonyl (C=O) groups excluding carboxylic acids is 1. The lowest BCUT2D eigenvalue weighted by Crippen LogP contribution is -2.16. The van der Waals surface area contributed by atoms with Crippen molar-refractivity contribution in [3.8, 4) is 0 Å². The number of anilines is 1. The fraction of sp³-hybridized carbons (Fsp3) is 0. The standard InChI is InChI=1S/C12H8ClN3O4S/c13-7-3-1-6(2-4-7)11(19)20-16-9(10(17)18)8-5-21-12(14)15-8/h1-5H,(H2,14,15)(H,17,18). The Hall–Kier alpha value is -2.45. The van der Waals surface area contributed by atoms with Crippen molar-refractivity contribution in [3.05, 3.63) is 45.9 Å². The molecule has 0 fully saturated rings. The normalized spacial score (nSPS) is 11.2. The predicted molar refractivity (Wildman–Crippen MR) is 77.6 cm³/mol. The summed E-state index contributed by atoms with van der Waals surface area (Å²) in [5.41, 5.74) is 5.12. The Morgan fingerprint density at radius 2 is 2.00 bits per heavy atom. The number of hydrogen-bond acceptors (Lipinski definition) is 7. The molecule has 2 aromatic rings. The molecule has 0 aliphatic carbocycles. The van der Waals surface area contributed by atoms with Gasteiger partial charge in [-0.15, -0.1) is 11.3 Å². The molecule has 1 heterocycles. The van der Waals surface area contributed by atoms with Crippen molar-refractivity contribution in [2.24, 2.45) is 5.16 Å². The highest BCUT2D eigenvalue weighted by atomic mass is 35.5. The zero-order valence-electron chi connectivity index (χ0n) is 10.3. The SMILES string of the molecule is Nc1nc(C(=NOC(=O)c2ccc(Cl)cc2)C(=O)O)cs1. The first-order chi connectivity index (χ1) is 9.97. The van der Waals surface area contributed by atoms with Crippen LogP contribution in [0.4, 0.5) is 5.13 Å². The van der Waals surface area contributed by atoms with E-state index in [1.54, 1.807) is 0 Å². The molecule has 0 bridgehead atoms. The summed E-state index contributed by atoms with van der Waals surface area (Å²) in [6.45, 7) is 0. The molecular formula is C12H8ClN3O4S. The fourth-order valence-electron chi connectivity index (χ4n) is 1.32. The third-order valence-electron chi connectivity index (χ3n) is 2.27. The third kappa shape index (κ3) is 3.77. The lowest BCUT2D eigenvalue weighted by atomic mass is 10.2. The molecule has 0 saturated carbocycles. The number of benzene rings is 1. The van der Waals surface area contributed by atoms with Crippen LogP contribution >= 0.6 is 22.9 Å². The van der Waals surface area contributed by atoms with Crippen LogP contribution in [-0.2, 0) is 9.63 Å². The second-order valence-electron chi connectivity index (χ2n) is 3.70. The molecule has 1 aromatic carbocycles. The molecule has 0 radical (unpaired) electrons. The number of thiazole rings is 1. The van der Waals surface area contributed by atoms with Gasteiger partial charge in [-0.1, -0.05) is 16.8 Å². The van der Waals surface area contributed by atoms with E-state index in [1.165, 1.54) is 29.6 Å². The number of carboxylic acid groups (broad SMARTS) is 1. The lowest BCUT2D eigenvalue weighted by molar-refractivity contribution is -0.129. The molecule has 3 N–H and O–H groups in total. The van der Waals surface area contributed by atoms with Crippen molar-refractivity contribution in [2.75, 3.05) is 5.73 Å². The Bertz CT molecular complexity index is 712. The number of halogens is 1. The summed E-state index contributed by atoms with van der Waals surface area (Å²) in [7, 11) is 0. The minimum Gasteiger partial charge on any atom is -0.476 e. The van der Waals surface area contributed by atoms with Crippen LogP contribution < -0.4 is 5.73 Å². The Labute approximate surface area is 127 Å². The van der Waals surface area contributed by atoms with Gasteiger partial charge >= 0.3 is 11.9 Å². The van der Waals surface area contributed by atoms with Crippen LogP contribution in [0, 0.1) is 0 Å². The van der Waals surface area contributed by atoms with E-state index in [4.69, 9.17) is 22.4 Å². The summed E-state index contributed by atoms with van der Waals surface area (Å²) >= 11 is 6.74. The van der Waals surface area contributed by atoms with Gasteiger partial charge in [0.2, 0.25) is 5.71 Å². The quantitative estimate of drug-likeness (QED) is 0.505. The lowest BCUT2D eigenvalue weighted by Gasteiger charge is -2.00. The van der Waals surface area contributed by atoms with Crippen molar-refractivity contribution in [2.45, 2.75) is 0 Å². The van der Waals surface area contributed by atoms with Crippen molar-refractivity contribution < 1.29 is 19.5 Å². The van der Waals surface area contributed by atoms with Crippen LogP contribution in [0.3, 0.4) is 0 Å². The second-order valence-corrected chi connectivity index (χ2v) is 5.03. The summed E-state index contributed by atoms with van der Waals surface area (Å²) in [5, 5.41) is 14.4. The Kier molecular flexibility index (Phi) is 4.51. The predicted octanol–water partition coefficient (Wildman–Crippen LogP) is 2.02. The van der Waals surface area contributed by atoms with E-state index in [9.17, 15) is 9.59 Å². The first kappa shape index (κ1) is 14.9. The van der Waals surface area contributed by atoms with E-state index in [0.717, 1.165) is 11.3 Å². The maximum atomic E-state index is 11.7. The Morgan fingerprint density at radius 3 is 2.52 bits per heavy atom. The van der Waals surface area contributed by atoms with Crippen molar-refractivity contribution in [1.82, 2.24) is 4.98 Å². The van der Waals surface area contributed by atoms with Gasteiger partial charge in [0.05, 0.1) is 5.56 Å². The van der Waals surface area contributed by atoms with E-state index in [0.29, 0.717) is 5.02 Å². The summed E-state index contributed by atoms with van der Waals surface area (Å²) in [6, 6.07) is 5.87. The summed E-state index contributed by atoms with van der Waals surface area (Å²) in [4.78, 5) is 31.2. The van der Waals surface area contributed by atoms with Crippen LogP contribution in [-0.4, -0.2) is 27.7 Å². The number of aromatic nitrogens is 1. The maximum Gasteiger partial charge on any atom is 0.365 e. The third-order valence-corrected chi connectivity index (χ3v) is 3.19. The van der Waals surface area contributed by atoms with Gasteiger partial charge in [-0.2, -0.15) is 0 Å². The number of hydrogen-bond donors (Lipinski definition) is 2. The van der Waals surface area contributed by atoms with Gasteiger partial charge in [-0.05, 0) is 24.3 Å². The van der Waals surface area contributed by atoms with E-state index in [2.05, 4.69) is 15.0 Å². The Balaban J connectivity index is 2.18. The van der Waals surface area contributed by atoms with Gasteiger partial charge in [0.15, 0.2) is 5.13 Å². The molecule has 9 heteroatoms. The number of nitrogen functional groups attached to an aromatic ring is 1. The number of nitrogens with two attached hydrogens (primary N) is 1. The number of oxime groups is 1. The van der Waals surface area contributed by atoms with E-state index >= 15 is 0 Å². The highest BCUT2D eigenvalue weighted by Crippen LogP contribution is 2.13. The molecule has 0 aliphatic heterocycles. The van der Waals surface area contributed by atoms with Crippen LogP contribution in [0.1, 0.15) is 16.1 Å². The summed E-state index contributed by atoms with van der Waals surface area (Å²) in [6.07, 6.45) is 0. The van der Waals surface area contributed by atoms with Crippen LogP contribution in [0.15, 0.2) is 34.8 Å². The van der Waals surface area contributed by atoms with Gasteiger partial charge in [-0.3, -0.25) is 0 Å². The monoisotopic (exact) mass is 325 g/mol. The zero-order chi connectivity index (χ0) is 15.4. The number of carboxylic acids is 1. The molecule has 108 valence electrons. The molecule has 0 amide bonds. The fourth-order valence-corrected chi connectivity index (χ4v) is 1.99. The minimum atomic E-state index is -1.38. The van der Waals surface area contributed by atoms with Crippen molar-refractivity contribution >= 4 is 45.7 Å². The first-order valence-electron chi connectivity index (χ1n) is 5.47. The summed E-state index contributed by atoms with van der Waals surface area (Å²) in [5.74, 6) is -2.20. The minimum absolute atomic E-state index is 0.0221. The average molecular weight is 326 g/mol. The zero-order valence-corrected chi connectivity index (χ0v) is 11.9. The largest absolute Gasteiger partial charge is 0.476 e. The highest BCUT2D eigenvalue weighted by molar-refractivity contribution is 7.13. The van der Waals surface area contributed by atoms with Gasteiger partial charge in [-0.25, -0.2) is 14.6 Å². The number of carbonyl (C=O) groups is 2. The van der Waals surface area contributed by atoms with E-state index < -0.39 is 17.7 Å². The van der Waals surface area contributed by atoms with E-state index in [1.807, 2.05) is 0 Å². The number of nitrogens with zero attached hydrogens (tertiary/aromatic N) is 2. The molecular weight excluding hydrogens is 318 g/mol. The van der Waals surface area contributed by atoms with Gasteiger partial charge < -0.3 is 15.7 Å². The van der Waals surface area contributed by atoms with Gasteiger partial charge in [0.1, 0.15) is 5.69 Å². The van der Waals surface area contributed by atoms with Gasteiger partial charge in [0.25, 0.3) is 0 Å². The molecule has 0 unspecified atom stereocenters. The molecule has 0 aliphatic rings. The van der Waals surface area contributed by atoms with Gasteiger partial charge in [0, 0.05) is 10.4 Å². The van der Waals surface area contributed by atoms with Crippen molar-refractivity contribution in [3.63, 3.8) is 0 Å². The van der Waals surface area contributed by atoms with Crippen LogP contribution in [0.25, 0.3) is 0 Å². The van der Waals surface area contributed by atoms with Crippen LogP contribution in [0.5, 0.6) is 0 Å².